The number of benzene rings is 3. The van der Waals surface area contributed by atoms with Crippen LogP contribution in [0.25, 0.3) is 10.9 Å². The Bertz CT molecular complexity index is 1380. The molecular formula is C26H25ClN2O3S. The van der Waals surface area contributed by atoms with Gasteiger partial charge in [-0.25, -0.2) is 8.42 Å². The molecule has 0 aliphatic carbocycles. The molecular weight excluding hydrogens is 456 g/mol. The first-order valence-corrected chi connectivity index (χ1v) is 12.8. The van der Waals surface area contributed by atoms with Gasteiger partial charge in [0.1, 0.15) is 6.54 Å². The molecule has 1 amide bonds. The molecule has 1 aromatic heterocycles. The molecule has 0 aliphatic heterocycles. The topological polar surface area (TPSA) is 59.4 Å². The minimum Gasteiger partial charge on any atom is -0.337 e. The highest BCUT2D eigenvalue weighted by Crippen LogP contribution is 2.29. The predicted molar refractivity (Wildman–Crippen MR) is 132 cm³/mol. The van der Waals surface area contributed by atoms with E-state index in [0.29, 0.717) is 34.6 Å². The van der Waals surface area contributed by atoms with Gasteiger partial charge in [-0.1, -0.05) is 78.3 Å². The van der Waals surface area contributed by atoms with Crippen molar-refractivity contribution in [1.82, 2.24) is 9.47 Å². The van der Waals surface area contributed by atoms with Gasteiger partial charge in [0, 0.05) is 35.2 Å². The minimum absolute atomic E-state index is 0.0583. The number of rotatable bonds is 8. The van der Waals surface area contributed by atoms with Gasteiger partial charge >= 0.3 is 0 Å². The smallest absolute Gasteiger partial charge is 0.242 e. The molecule has 1 heterocycles. The molecule has 170 valence electrons. The second-order valence-electron chi connectivity index (χ2n) is 7.88. The van der Waals surface area contributed by atoms with Crippen molar-refractivity contribution >= 4 is 38.2 Å². The normalized spacial score (nSPS) is 11.6. The summed E-state index contributed by atoms with van der Waals surface area (Å²) in [6.45, 7) is 3.06. The van der Waals surface area contributed by atoms with E-state index in [4.69, 9.17) is 11.6 Å². The molecule has 0 bridgehead atoms. The van der Waals surface area contributed by atoms with Crippen molar-refractivity contribution in [3.8, 4) is 0 Å². The molecule has 0 N–H and O–H groups in total. The van der Waals surface area contributed by atoms with Crippen LogP contribution in [0.5, 0.6) is 0 Å². The van der Waals surface area contributed by atoms with E-state index < -0.39 is 9.84 Å². The zero-order valence-electron chi connectivity index (χ0n) is 18.3. The number of likely N-dealkylation sites (N-methyl/N-ethyl adjacent to an activating group) is 1. The van der Waals surface area contributed by atoms with Crippen molar-refractivity contribution in [2.45, 2.75) is 30.7 Å². The number of amides is 1. The van der Waals surface area contributed by atoms with Crippen molar-refractivity contribution in [3.05, 3.63) is 101 Å². The summed E-state index contributed by atoms with van der Waals surface area (Å²) in [7, 11) is -3.68. The van der Waals surface area contributed by atoms with E-state index in [-0.39, 0.29) is 23.1 Å². The molecule has 33 heavy (non-hydrogen) atoms. The SMILES string of the molecule is CCN(Cc1ccccc1)C(=O)Cn1cc(S(=O)(=O)Cc2ccccc2Cl)c2ccccc21. The molecule has 0 saturated heterocycles. The maximum Gasteiger partial charge on any atom is 0.242 e. The van der Waals surface area contributed by atoms with Crippen LogP contribution < -0.4 is 0 Å². The quantitative estimate of drug-likeness (QED) is 0.343. The summed E-state index contributed by atoms with van der Waals surface area (Å²) >= 11 is 6.21. The second kappa shape index (κ2) is 9.81. The van der Waals surface area contributed by atoms with Gasteiger partial charge < -0.3 is 9.47 Å². The van der Waals surface area contributed by atoms with Crippen LogP contribution in [0.3, 0.4) is 0 Å². The first-order chi connectivity index (χ1) is 15.9. The average molecular weight is 481 g/mol. The van der Waals surface area contributed by atoms with Crippen molar-refractivity contribution in [2.24, 2.45) is 0 Å². The lowest BCUT2D eigenvalue weighted by Gasteiger charge is -2.21. The van der Waals surface area contributed by atoms with Crippen molar-refractivity contribution < 1.29 is 13.2 Å². The van der Waals surface area contributed by atoms with Crippen molar-refractivity contribution in [3.63, 3.8) is 0 Å². The van der Waals surface area contributed by atoms with Crippen LogP contribution >= 0.6 is 11.6 Å². The summed E-state index contributed by atoms with van der Waals surface area (Å²) < 4.78 is 28.4. The Hall–Kier alpha value is -3.09. The number of fused-ring (bicyclic) bond motifs is 1. The van der Waals surface area contributed by atoms with Gasteiger partial charge in [-0.15, -0.1) is 0 Å². The molecule has 7 heteroatoms. The zero-order valence-corrected chi connectivity index (χ0v) is 19.9. The monoisotopic (exact) mass is 480 g/mol. The number of carbonyl (C=O) groups is 1. The molecule has 0 atom stereocenters. The first-order valence-electron chi connectivity index (χ1n) is 10.7. The Kier molecular flexibility index (Phi) is 6.86. The van der Waals surface area contributed by atoms with Crippen molar-refractivity contribution in [1.29, 1.82) is 0 Å². The summed E-state index contributed by atoms with van der Waals surface area (Å²) in [5, 5.41) is 1.02. The lowest BCUT2D eigenvalue weighted by Crippen LogP contribution is -2.33. The fraction of sp³-hybridized carbons (Fsp3) is 0.192. The Morgan fingerprint density at radius 2 is 1.61 bits per heavy atom. The van der Waals surface area contributed by atoms with Crippen LogP contribution in [0.4, 0.5) is 0 Å². The van der Waals surface area contributed by atoms with Gasteiger partial charge in [-0.3, -0.25) is 4.79 Å². The number of aromatic nitrogens is 1. The number of carbonyl (C=O) groups excluding carboxylic acids is 1. The van der Waals surface area contributed by atoms with Gasteiger partial charge in [-0.05, 0) is 30.2 Å². The van der Waals surface area contributed by atoms with Crippen LogP contribution in [0, 0.1) is 0 Å². The summed E-state index contributed by atoms with van der Waals surface area (Å²) in [5.41, 5.74) is 2.31. The van der Waals surface area contributed by atoms with E-state index >= 15 is 0 Å². The molecule has 0 spiro atoms. The molecule has 0 saturated carbocycles. The van der Waals surface area contributed by atoms with Gasteiger partial charge in [0.05, 0.1) is 10.6 Å². The molecule has 0 aliphatic rings. The summed E-state index contributed by atoms with van der Waals surface area (Å²) in [5.74, 6) is -0.277. The fourth-order valence-corrected chi connectivity index (χ4v) is 5.81. The van der Waals surface area contributed by atoms with E-state index in [2.05, 4.69) is 0 Å². The van der Waals surface area contributed by atoms with Crippen LogP contribution in [0.2, 0.25) is 5.02 Å². The number of halogens is 1. The number of hydrogen-bond donors (Lipinski definition) is 0. The van der Waals surface area contributed by atoms with Crippen LogP contribution in [0.1, 0.15) is 18.1 Å². The fourth-order valence-electron chi connectivity index (χ4n) is 3.92. The zero-order chi connectivity index (χ0) is 23.4. The van der Waals surface area contributed by atoms with Gasteiger partial charge in [0.15, 0.2) is 9.84 Å². The summed E-state index contributed by atoms with van der Waals surface area (Å²) in [4.78, 5) is 15.1. The minimum atomic E-state index is -3.68. The molecule has 0 fully saturated rings. The highest BCUT2D eigenvalue weighted by Gasteiger charge is 2.24. The van der Waals surface area contributed by atoms with E-state index in [1.165, 1.54) is 0 Å². The average Bonchev–Trinajstić information content (AvgIpc) is 3.19. The largest absolute Gasteiger partial charge is 0.337 e. The molecule has 3 aromatic carbocycles. The van der Waals surface area contributed by atoms with E-state index in [0.717, 1.165) is 5.56 Å². The lowest BCUT2D eigenvalue weighted by molar-refractivity contribution is -0.132. The third-order valence-electron chi connectivity index (χ3n) is 5.65. The lowest BCUT2D eigenvalue weighted by atomic mass is 10.2. The standard InChI is InChI=1S/C26H25ClN2O3S/c1-2-28(16-20-10-4-3-5-11-20)26(30)18-29-17-25(22-13-7-9-15-24(22)29)33(31,32)19-21-12-6-8-14-23(21)27/h3-15,17H,2,16,18-19H2,1H3. The second-order valence-corrected chi connectivity index (χ2v) is 10.2. The summed E-state index contributed by atoms with van der Waals surface area (Å²) in [6.07, 6.45) is 1.57. The van der Waals surface area contributed by atoms with Crippen molar-refractivity contribution in [2.75, 3.05) is 6.54 Å². The van der Waals surface area contributed by atoms with Gasteiger partial charge in [-0.2, -0.15) is 0 Å². The molecule has 5 nitrogen and oxygen atoms in total. The molecule has 4 aromatic rings. The van der Waals surface area contributed by atoms with Crippen LogP contribution in [0.15, 0.2) is 90.0 Å². The predicted octanol–water partition coefficient (Wildman–Crippen LogP) is 5.32. The Balaban J connectivity index is 1.64. The number of hydrogen-bond acceptors (Lipinski definition) is 3. The number of para-hydroxylation sites is 1. The number of sulfone groups is 1. The highest BCUT2D eigenvalue weighted by atomic mass is 35.5. The molecule has 0 unspecified atom stereocenters. The van der Waals surface area contributed by atoms with Gasteiger partial charge in [0.2, 0.25) is 5.91 Å². The maximum atomic E-state index is 13.3. The van der Waals surface area contributed by atoms with Crippen LogP contribution in [-0.4, -0.2) is 30.3 Å². The van der Waals surface area contributed by atoms with Crippen LogP contribution in [-0.2, 0) is 33.5 Å². The molecule has 4 rings (SSSR count). The Morgan fingerprint density at radius 3 is 2.33 bits per heavy atom. The highest BCUT2D eigenvalue weighted by molar-refractivity contribution is 7.90. The third kappa shape index (κ3) is 5.13. The van der Waals surface area contributed by atoms with E-state index in [1.807, 2.05) is 49.4 Å². The Morgan fingerprint density at radius 1 is 0.939 bits per heavy atom. The third-order valence-corrected chi connectivity index (χ3v) is 7.70. The molecule has 0 radical (unpaired) electrons. The van der Waals surface area contributed by atoms with Gasteiger partial charge in [0.25, 0.3) is 0 Å². The first kappa shape index (κ1) is 23.1. The Labute approximate surface area is 199 Å². The van der Waals surface area contributed by atoms with E-state index in [1.54, 1.807) is 52.1 Å². The maximum absolute atomic E-state index is 13.3. The number of nitrogens with zero attached hydrogens (tertiary/aromatic N) is 2. The summed E-state index contributed by atoms with van der Waals surface area (Å²) in [6, 6.07) is 24.0. The van der Waals surface area contributed by atoms with E-state index in [9.17, 15) is 13.2 Å².